The van der Waals surface area contributed by atoms with Crippen LogP contribution in [0.25, 0.3) is 0 Å². The van der Waals surface area contributed by atoms with Crippen molar-refractivity contribution < 1.29 is 14.3 Å². The zero-order valence-corrected chi connectivity index (χ0v) is 15.4. The number of carbonyl (C=O) groups excluding carboxylic acids is 1. The van der Waals surface area contributed by atoms with Gasteiger partial charge in [-0.05, 0) is 42.3 Å². The molecule has 3 rings (SSSR count). The van der Waals surface area contributed by atoms with Crippen molar-refractivity contribution in [1.29, 1.82) is 0 Å². The number of benzene rings is 2. The number of hydrogen-bond acceptors (Lipinski definition) is 4. The van der Waals surface area contributed by atoms with Gasteiger partial charge in [-0.3, -0.25) is 4.79 Å². The molecule has 0 aromatic heterocycles. The van der Waals surface area contributed by atoms with Gasteiger partial charge in [0, 0.05) is 24.2 Å². The van der Waals surface area contributed by atoms with E-state index in [9.17, 15) is 4.79 Å². The number of nitrogens with zero attached hydrogens (tertiary/aromatic N) is 1. The van der Waals surface area contributed by atoms with E-state index in [0.29, 0.717) is 13.0 Å². The molecule has 1 heterocycles. The molecule has 0 saturated heterocycles. The van der Waals surface area contributed by atoms with Gasteiger partial charge in [0.15, 0.2) is 0 Å². The van der Waals surface area contributed by atoms with Crippen LogP contribution < -0.4 is 9.47 Å². The molecule has 0 fully saturated rings. The van der Waals surface area contributed by atoms with E-state index < -0.39 is 0 Å². The predicted molar refractivity (Wildman–Crippen MR) is 100 cm³/mol. The lowest BCUT2D eigenvalue weighted by Crippen LogP contribution is -2.39. The van der Waals surface area contributed by atoms with E-state index in [4.69, 9.17) is 9.47 Å². The molecule has 0 unspecified atom stereocenters. The number of thioether (sulfide) groups is 1. The summed E-state index contributed by atoms with van der Waals surface area (Å²) in [6.07, 6.45) is 0.696. The molecule has 2 aromatic rings. The molecule has 1 aliphatic rings. The van der Waals surface area contributed by atoms with E-state index in [2.05, 4.69) is 12.1 Å². The smallest absolute Gasteiger partial charge is 0.229 e. The van der Waals surface area contributed by atoms with Crippen molar-refractivity contribution in [2.24, 2.45) is 5.92 Å². The van der Waals surface area contributed by atoms with Crippen LogP contribution in [0.4, 0.5) is 0 Å². The fraction of sp³-hybridized carbons (Fsp3) is 0.350. The standard InChI is InChI=1S/C20H23NO3S/c1-21(10-11-25-18-6-4-3-5-7-18)20(22)16-12-15-13-17(23-2)8-9-19(15)24-14-16/h3-9,13,16H,10-12,14H2,1-2H3/t16-/m0/s1. The number of amides is 1. The molecule has 0 aliphatic carbocycles. The second kappa shape index (κ2) is 8.30. The maximum atomic E-state index is 12.7. The van der Waals surface area contributed by atoms with E-state index in [1.165, 1.54) is 4.90 Å². The van der Waals surface area contributed by atoms with Gasteiger partial charge in [-0.1, -0.05) is 18.2 Å². The molecule has 25 heavy (non-hydrogen) atoms. The Morgan fingerprint density at radius 2 is 2.08 bits per heavy atom. The van der Waals surface area contributed by atoms with E-state index in [1.807, 2.05) is 48.3 Å². The van der Waals surface area contributed by atoms with Gasteiger partial charge in [0.25, 0.3) is 0 Å². The highest BCUT2D eigenvalue weighted by molar-refractivity contribution is 7.99. The first-order valence-corrected chi connectivity index (χ1v) is 9.38. The van der Waals surface area contributed by atoms with Crippen LogP contribution in [-0.2, 0) is 11.2 Å². The highest BCUT2D eigenvalue weighted by atomic mass is 32.2. The Hall–Kier alpha value is -2.14. The molecule has 0 radical (unpaired) electrons. The minimum absolute atomic E-state index is 0.133. The van der Waals surface area contributed by atoms with Crippen LogP contribution in [0.15, 0.2) is 53.4 Å². The Labute approximate surface area is 153 Å². The Bertz CT molecular complexity index is 720. The van der Waals surface area contributed by atoms with Crippen LogP contribution in [0.3, 0.4) is 0 Å². The Morgan fingerprint density at radius 3 is 2.84 bits per heavy atom. The first kappa shape index (κ1) is 17.7. The third-order valence-electron chi connectivity index (χ3n) is 4.34. The lowest BCUT2D eigenvalue weighted by molar-refractivity contribution is -0.135. The van der Waals surface area contributed by atoms with E-state index in [0.717, 1.165) is 29.4 Å². The molecule has 0 bridgehead atoms. The van der Waals surface area contributed by atoms with Crippen LogP contribution in [0, 0.1) is 5.92 Å². The monoisotopic (exact) mass is 357 g/mol. The van der Waals surface area contributed by atoms with Gasteiger partial charge in [-0.15, -0.1) is 11.8 Å². The normalized spacial score (nSPS) is 15.8. The van der Waals surface area contributed by atoms with Crippen molar-refractivity contribution in [2.45, 2.75) is 11.3 Å². The Morgan fingerprint density at radius 1 is 1.28 bits per heavy atom. The van der Waals surface area contributed by atoms with Crippen molar-refractivity contribution in [3.05, 3.63) is 54.1 Å². The molecule has 1 amide bonds. The molecule has 0 spiro atoms. The minimum atomic E-state index is -0.133. The fourth-order valence-electron chi connectivity index (χ4n) is 2.90. The minimum Gasteiger partial charge on any atom is -0.497 e. The van der Waals surface area contributed by atoms with Crippen LogP contribution in [-0.4, -0.2) is 43.9 Å². The molecule has 1 aliphatic heterocycles. The summed E-state index contributed by atoms with van der Waals surface area (Å²) in [5, 5.41) is 0. The zero-order chi connectivity index (χ0) is 17.6. The summed E-state index contributed by atoms with van der Waals surface area (Å²) >= 11 is 1.76. The largest absolute Gasteiger partial charge is 0.497 e. The number of rotatable bonds is 6. The lowest BCUT2D eigenvalue weighted by atomic mass is 9.95. The topological polar surface area (TPSA) is 38.8 Å². The SMILES string of the molecule is COc1ccc2c(c1)C[C@H](C(=O)N(C)CCSc1ccccc1)CO2. The summed E-state index contributed by atoms with van der Waals surface area (Å²) in [4.78, 5) is 15.8. The van der Waals surface area contributed by atoms with Crippen molar-refractivity contribution in [3.63, 3.8) is 0 Å². The second-order valence-electron chi connectivity index (χ2n) is 6.11. The van der Waals surface area contributed by atoms with Gasteiger partial charge in [0.05, 0.1) is 13.0 Å². The highest BCUT2D eigenvalue weighted by Crippen LogP contribution is 2.31. The van der Waals surface area contributed by atoms with Gasteiger partial charge in [-0.25, -0.2) is 0 Å². The van der Waals surface area contributed by atoms with Crippen molar-refractivity contribution in [2.75, 3.05) is 33.1 Å². The number of hydrogen-bond donors (Lipinski definition) is 0. The van der Waals surface area contributed by atoms with E-state index in [-0.39, 0.29) is 11.8 Å². The van der Waals surface area contributed by atoms with Crippen LogP contribution in [0.2, 0.25) is 0 Å². The van der Waals surface area contributed by atoms with Crippen molar-refractivity contribution in [1.82, 2.24) is 4.90 Å². The number of methoxy groups -OCH3 is 1. The third-order valence-corrected chi connectivity index (χ3v) is 5.33. The van der Waals surface area contributed by atoms with Gasteiger partial charge in [0.1, 0.15) is 18.1 Å². The molecule has 2 aromatic carbocycles. The van der Waals surface area contributed by atoms with Crippen molar-refractivity contribution >= 4 is 17.7 Å². The number of carbonyl (C=O) groups is 1. The van der Waals surface area contributed by atoms with Crippen LogP contribution >= 0.6 is 11.8 Å². The molecular weight excluding hydrogens is 334 g/mol. The van der Waals surface area contributed by atoms with Gasteiger partial charge >= 0.3 is 0 Å². The van der Waals surface area contributed by atoms with E-state index in [1.54, 1.807) is 18.9 Å². The zero-order valence-electron chi connectivity index (χ0n) is 14.6. The molecule has 1 atom stereocenters. The van der Waals surface area contributed by atoms with Crippen molar-refractivity contribution in [3.8, 4) is 11.5 Å². The quantitative estimate of drug-likeness (QED) is 0.742. The average Bonchev–Trinajstić information content (AvgIpc) is 2.67. The van der Waals surface area contributed by atoms with Gasteiger partial charge < -0.3 is 14.4 Å². The maximum Gasteiger partial charge on any atom is 0.229 e. The summed E-state index contributed by atoms with van der Waals surface area (Å²) in [7, 11) is 3.52. The lowest BCUT2D eigenvalue weighted by Gasteiger charge is -2.28. The molecule has 0 N–H and O–H groups in total. The number of fused-ring (bicyclic) bond motifs is 1. The Kier molecular flexibility index (Phi) is 5.87. The molecule has 132 valence electrons. The van der Waals surface area contributed by atoms with Gasteiger partial charge in [0.2, 0.25) is 5.91 Å². The first-order valence-electron chi connectivity index (χ1n) is 8.40. The Balaban J connectivity index is 1.53. The molecule has 4 nitrogen and oxygen atoms in total. The molecule has 5 heteroatoms. The summed E-state index contributed by atoms with van der Waals surface area (Å²) in [5.41, 5.74) is 1.04. The average molecular weight is 357 g/mol. The fourth-order valence-corrected chi connectivity index (χ4v) is 3.85. The highest BCUT2D eigenvalue weighted by Gasteiger charge is 2.28. The first-order chi connectivity index (χ1) is 12.2. The summed E-state index contributed by atoms with van der Waals surface area (Å²) in [6, 6.07) is 16.0. The maximum absolute atomic E-state index is 12.7. The second-order valence-corrected chi connectivity index (χ2v) is 7.28. The van der Waals surface area contributed by atoms with Gasteiger partial charge in [-0.2, -0.15) is 0 Å². The van der Waals surface area contributed by atoms with Crippen LogP contribution in [0.1, 0.15) is 5.56 Å². The molecular formula is C20H23NO3S. The van der Waals surface area contributed by atoms with E-state index >= 15 is 0 Å². The third kappa shape index (κ3) is 4.48. The summed E-state index contributed by atoms with van der Waals surface area (Å²) in [5.74, 6) is 2.54. The summed E-state index contributed by atoms with van der Waals surface area (Å²) in [6.45, 7) is 1.16. The summed E-state index contributed by atoms with van der Waals surface area (Å²) < 4.78 is 11.0. The predicted octanol–water partition coefficient (Wildman–Crippen LogP) is 3.50. The number of ether oxygens (including phenoxy) is 2. The molecule has 0 saturated carbocycles. The van der Waals surface area contributed by atoms with Crippen LogP contribution in [0.5, 0.6) is 11.5 Å².